The molecule has 4 aromatic rings. The summed E-state index contributed by atoms with van der Waals surface area (Å²) in [6.07, 6.45) is 1.80. The summed E-state index contributed by atoms with van der Waals surface area (Å²) in [5.74, 6) is 0.638. The van der Waals surface area contributed by atoms with Crippen LogP contribution in [0.4, 0.5) is 5.82 Å². The van der Waals surface area contributed by atoms with Crippen molar-refractivity contribution in [3.8, 4) is 17.0 Å². The lowest BCUT2D eigenvalue weighted by atomic mass is 10.1. The number of rotatable bonds is 10. The minimum atomic E-state index is -0.387. The number of imidazole rings is 1. The van der Waals surface area contributed by atoms with Gasteiger partial charge in [0, 0.05) is 24.8 Å². The summed E-state index contributed by atoms with van der Waals surface area (Å²) < 4.78 is 12.1. The zero-order chi connectivity index (χ0) is 25.5. The molecule has 0 saturated heterocycles. The summed E-state index contributed by atoms with van der Waals surface area (Å²) in [7, 11) is 1.60. The van der Waals surface area contributed by atoms with Crippen molar-refractivity contribution in [3.63, 3.8) is 0 Å². The Labute approximate surface area is 209 Å². The van der Waals surface area contributed by atoms with Crippen LogP contribution in [0.15, 0.2) is 66.9 Å². The van der Waals surface area contributed by atoms with E-state index in [4.69, 9.17) is 20.2 Å². The van der Waals surface area contributed by atoms with E-state index in [9.17, 15) is 9.59 Å². The number of nitrogens with two attached hydrogens (primary N) is 1. The molecule has 2 aromatic heterocycles. The number of methoxy groups -OCH3 is 1. The number of anilines is 1. The number of hydrogen-bond acceptors (Lipinski definition) is 7. The Bertz CT molecular complexity index is 1360. The number of nitrogens with one attached hydrogen (secondary N) is 2. The van der Waals surface area contributed by atoms with Crippen LogP contribution in [-0.4, -0.2) is 41.5 Å². The summed E-state index contributed by atoms with van der Waals surface area (Å²) in [6.45, 7) is 2.79. The van der Waals surface area contributed by atoms with Crippen LogP contribution in [-0.2, 0) is 22.6 Å². The predicted molar refractivity (Wildman–Crippen MR) is 138 cm³/mol. The fourth-order valence-corrected chi connectivity index (χ4v) is 3.88. The molecule has 0 radical (unpaired) electrons. The fraction of sp³-hybridized carbons (Fsp3) is 0.222. The van der Waals surface area contributed by atoms with Gasteiger partial charge in [-0.15, -0.1) is 0 Å². The van der Waals surface area contributed by atoms with E-state index in [1.807, 2.05) is 48.5 Å². The molecule has 1 amide bonds. The quantitative estimate of drug-likeness (QED) is 0.293. The molecule has 0 aliphatic heterocycles. The summed E-state index contributed by atoms with van der Waals surface area (Å²) in [4.78, 5) is 30.0. The van der Waals surface area contributed by atoms with Gasteiger partial charge in [0.15, 0.2) is 5.65 Å². The predicted octanol–water partition coefficient (Wildman–Crippen LogP) is 3.37. The van der Waals surface area contributed by atoms with E-state index in [2.05, 4.69) is 10.6 Å². The first-order chi connectivity index (χ1) is 17.5. The van der Waals surface area contributed by atoms with Gasteiger partial charge in [-0.05, 0) is 54.4 Å². The average molecular weight is 488 g/mol. The van der Waals surface area contributed by atoms with Gasteiger partial charge in [-0.25, -0.2) is 4.98 Å². The highest BCUT2D eigenvalue weighted by Gasteiger charge is 2.20. The topological polar surface area (TPSA) is 120 Å². The van der Waals surface area contributed by atoms with Gasteiger partial charge < -0.3 is 25.8 Å². The molecule has 0 spiro atoms. The lowest BCUT2D eigenvalue weighted by Crippen LogP contribution is -2.23. The number of esters is 1. The zero-order valence-corrected chi connectivity index (χ0v) is 20.3. The molecule has 4 rings (SSSR count). The zero-order valence-electron chi connectivity index (χ0n) is 20.3. The number of aromatic nitrogens is 2. The van der Waals surface area contributed by atoms with Crippen molar-refractivity contribution in [1.82, 2.24) is 14.7 Å². The third-order valence-corrected chi connectivity index (χ3v) is 5.64. The molecule has 0 aliphatic carbocycles. The molecule has 2 heterocycles. The van der Waals surface area contributed by atoms with Gasteiger partial charge in [0.1, 0.15) is 23.8 Å². The van der Waals surface area contributed by atoms with Crippen molar-refractivity contribution in [2.45, 2.75) is 20.0 Å². The van der Waals surface area contributed by atoms with Crippen LogP contribution >= 0.6 is 0 Å². The minimum Gasteiger partial charge on any atom is -0.497 e. The maximum atomic E-state index is 13.2. The monoisotopic (exact) mass is 487 g/mol. The molecular weight excluding hydrogens is 458 g/mol. The normalized spacial score (nSPS) is 10.8. The number of amides is 1. The molecule has 0 unspecified atom stereocenters. The molecule has 36 heavy (non-hydrogen) atoms. The average Bonchev–Trinajstić information content (AvgIpc) is 3.29. The lowest BCUT2D eigenvalue weighted by molar-refractivity contribution is -0.140. The summed E-state index contributed by atoms with van der Waals surface area (Å²) in [5.41, 5.74) is 9.95. The highest BCUT2D eigenvalue weighted by Crippen LogP contribution is 2.31. The minimum absolute atomic E-state index is 0.0430. The summed E-state index contributed by atoms with van der Waals surface area (Å²) >= 11 is 0. The Kier molecular flexibility index (Phi) is 7.82. The van der Waals surface area contributed by atoms with Crippen molar-refractivity contribution < 1.29 is 19.1 Å². The first kappa shape index (κ1) is 24.7. The fourth-order valence-electron chi connectivity index (χ4n) is 3.88. The first-order valence-electron chi connectivity index (χ1n) is 11.6. The number of ether oxygens (including phenoxy) is 2. The standard InChI is InChI=1S/C27H29N5O4/c1-3-36-23(33)17-29-26-24(20-9-11-21(35-2)12-10-20)31-25-22(8-5-13-32(25)26)27(34)30-16-19-7-4-6-18(14-19)15-28/h4-14,29H,3,15-17,28H2,1-2H3,(H,30,34). The van der Waals surface area contributed by atoms with E-state index in [0.717, 1.165) is 16.7 Å². The molecule has 0 bridgehead atoms. The van der Waals surface area contributed by atoms with Gasteiger partial charge in [-0.3, -0.25) is 14.0 Å². The number of carbonyl (C=O) groups excluding carboxylic acids is 2. The first-order valence-corrected chi connectivity index (χ1v) is 11.6. The van der Waals surface area contributed by atoms with Crippen LogP contribution in [0.25, 0.3) is 16.9 Å². The number of benzene rings is 2. The number of hydrogen-bond donors (Lipinski definition) is 3. The molecule has 0 atom stereocenters. The van der Waals surface area contributed by atoms with Gasteiger partial charge in [0.05, 0.1) is 19.3 Å². The highest BCUT2D eigenvalue weighted by atomic mass is 16.5. The van der Waals surface area contributed by atoms with Crippen LogP contribution in [0.1, 0.15) is 28.4 Å². The Hall–Kier alpha value is -4.37. The van der Waals surface area contributed by atoms with E-state index in [0.29, 0.717) is 41.6 Å². The molecule has 4 N–H and O–H groups in total. The molecule has 2 aromatic carbocycles. The number of fused-ring (bicyclic) bond motifs is 1. The highest BCUT2D eigenvalue weighted by molar-refractivity contribution is 6.01. The third-order valence-electron chi connectivity index (χ3n) is 5.64. The molecule has 186 valence electrons. The summed E-state index contributed by atoms with van der Waals surface area (Å²) in [5, 5.41) is 6.10. The Morgan fingerprint density at radius 1 is 1.06 bits per heavy atom. The van der Waals surface area contributed by atoms with Gasteiger partial charge >= 0.3 is 5.97 Å². The smallest absolute Gasteiger partial charge is 0.325 e. The number of carbonyl (C=O) groups is 2. The molecular formula is C27H29N5O4. The van der Waals surface area contributed by atoms with Gasteiger partial charge in [-0.2, -0.15) is 0 Å². The van der Waals surface area contributed by atoms with E-state index >= 15 is 0 Å². The maximum Gasteiger partial charge on any atom is 0.325 e. The van der Waals surface area contributed by atoms with Crippen LogP contribution in [0.3, 0.4) is 0 Å². The second-order valence-electron chi connectivity index (χ2n) is 8.02. The van der Waals surface area contributed by atoms with Crippen LogP contribution in [0, 0.1) is 0 Å². The molecule has 9 nitrogen and oxygen atoms in total. The van der Waals surface area contributed by atoms with Crippen molar-refractivity contribution >= 4 is 23.3 Å². The SMILES string of the molecule is CCOC(=O)CNc1c(-c2ccc(OC)cc2)nc2c(C(=O)NCc3cccc(CN)c3)cccn12. The van der Waals surface area contributed by atoms with Crippen LogP contribution in [0.5, 0.6) is 5.75 Å². The largest absolute Gasteiger partial charge is 0.497 e. The van der Waals surface area contributed by atoms with E-state index in [1.54, 1.807) is 36.8 Å². The third kappa shape index (κ3) is 5.47. The second-order valence-corrected chi connectivity index (χ2v) is 8.02. The second kappa shape index (κ2) is 11.4. The van der Waals surface area contributed by atoms with Crippen molar-refractivity contribution in [1.29, 1.82) is 0 Å². The van der Waals surface area contributed by atoms with Gasteiger partial charge in [0.25, 0.3) is 5.91 Å². The number of pyridine rings is 1. The molecule has 0 fully saturated rings. The Morgan fingerprint density at radius 3 is 2.56 bits per heavy atom. The van der Waals surface area contributed by atoms with Crippen molar-refractivity contribution in [2.75, 3.05) is 25.6 Å². The molecule has 9 heteroatoms. The van der Waals surface area contributed by atoms with Gasteiger partial charge in [0.2, 0.25) is 0 Å². The van der Waals surface area contributed by atoms with Crippen molar-refractivity contribution in [2.24, 2.45) is 5.73 Å². The number of nitrogens with zero attached hydrogens (tertiary/aromatic N) is 2. The van der Waals surface area contributed by atoms with Crippen molar-refractivity contribution in [3.05, 3.63) is 83.6 Å². The van der Waals surface area contributed by atoms with Gasteiger partial charge in [-0.1, -0.05) is 24.3 Å². The maximum absolute atomic E-state index is 13.2. The van der Waals surface area contributed by atoms with Crippen LogP contribution in [0.2, 0.25) is 0 Å². The van der Waals surface area contributed by atoms with E-state index < -0.39 is 0 Å². The molecule has 0 saturated carbocycles. The Balaban J connectivity index is 1.68. The van der Waals surface area contributed by atoms with E-state index in [1.165, 1.54) is 0 Å². The Morgan fingerprint density at radius 2 is 1.83 bits per heavy atom. The van der Waals surface area contributed by atoms with Crippen LogP contribution < -0.4 is 21.1 Å². The molecule has 0 aliphatic rings. The lowest BCUT2D eigenvalue weighted by Gasteiger charge is -2.10. The van der Waals surface area contributed by atoms with E-state index in [-0.39, 0.29) is 25.0 Å². The summed E-state index contributed by atoms with van der Waals surface area (Å²) in [6, 6.07) is 18.7.